The zero-order chi connectivity index (χ0) is 15.0. The lowest BCUT2D eigenvalue weighted by Crippen LogP contribution is -2.55. The van der Waals surface area contributed by atoms with Crippen LogP contribution >= 0.6 is 11.6 Å². The molecule has 4 heteroatoms. The number of nitrogens with zero attached hydrogens (tertiary/aromatic N) is 2. The Hall–Kier alpha value is -0.770. The summed E-state index contributed by atoms with van der Waals surface area (Å²) >= 11 is 6.46. The molecule has 2 N–H and O–H groups in total. The average molecular weight is 308 g/mol. The van der Waals surface area contributed by atoms with Crippen LogP contribution in [0.25, 0.3) is 0 Å². The van der Waals surface area contributed by atoms with E-state index < -0.39 is 0 Å². The van der Waals surface area contributed by atoms with E-state index in [-0.39, 0.29) is 6.04 Å². The number of halogens is 1. The maximum absolute atomic E-state index is 6.46. The molecule has 0 spiro atoms. The predicted molar refractivity (Wildman–Crippen MR) is 90.2 cm³/mol. The zero-order valence-corrected chi connectivity index (χ0v) is 13.8. The lowest BCUT2D eigenvalue weighted by atomic mass is 10.0. The standard InChI is InChI=1S/C17H26ClN3/c1-12(19)9-15-16(18)6-3-7-17(15)21-11-14-5-4-8-20(14)10-13(21)2/h3,6-7,12-14H,4-5,8-11,19H2,1-2H3. The first-order chi connectivity index (χ1) is 10.1. The molecule has 1 aromatic carbocycles. The quantitative estimate of drug-likeness (QED) is 0.932. The second-order valence-electron chi connectivity index (χ2n) is 6.71. The monoisotopic (exact) mass is 307 g/mol. The predicted octanol–water partition coefficient (Wildman–Crippen LogP) is 2.90. The lowest BCUT2D eigenvalue weighted by molar-refractivity contribution is 0.203. The fraction of sp³-hybridized carbons (Fsp3) is 0.647. The van der Waals surface area contributed by atoms with Gasteiger partial charge in [0.05, 0.1) is 0 Å². The van der Waals surface area contributed by atoms with Gasteiger partial charge < -0.3 is 10.6 Å². The van der Waals surface area contributed by atoms with E-state index in [0.29, 0.717) is 12.1 Å². The van der Waals surface area contributed by atoms with E-state index in [1.165, 1.54) is 30.6 Å². The summed E-state index contributed by atoms with van der Waals surface area (Å²) in [5.41, 5.74) is 8.53. The number of benzene rings is 1. The minimum atomic E-state index is 0.131. The molecule has 3 unspecified atom stereocenters. The number of nitrogens with two attached hydrogens (primary N) is 1. The highest BCUT2D eigenvalue weighted by Gasteiger charge is 2.35. The average Bonchev–Trinajstić information content (AvgIpc) is 2.87. The van der Waals surface area contributed by atoms with Gasteiger partial charge in [0.25, 0.3) is 0 Å². The molecule has 116 valence electrons. The van der Waals surface area contributed by atoms with Crippen molar-refractivity contribution in [1.82, 2.24) is 4.90 Å². The Bertz CT molecular complexity index is 503. The Kier molecular flexibility index (Phi) is 4.43. The van der Waals surface area contributed by atoms with E-state index in [1.807, 2.05) is 13.0 Å². The third kappa shape index (κ3) is 3.05. The highest BCUT2D eigenvalue weighted by Crippen LogP contribution is 2.34. The van der Waals surface area contributed by atoms with Crippen molar-refractivity contribution in [3.8, 4) is 0 Å². The maximum atomic E-state index is 6.46. The van der Waals surface area contributed by atoms with Crippen LogP contribution in [0.15, 0.2) is 18.2 Å². The van der Waals surface area contributed by atoms with Crippen LogP contribution in [0.4, 0.5) is 5.69 Å². The fourth-order valence-corrected chi connectivity index (χ4v) is 4.11. The van der Waals surface area contributed by atoms with Crippen LogP contribution in [0.1, 0.15) is 32.3 Å². The molecule has 3 nitrogen and oxygen atoms in total. The first-order valence-corrected chi connectivity index (χ1v) is 8.47. The van der Waals surface area contributed by atoms with E-state index in [9.17, 15) is 0 Å². The summed E-state index contributed by atoms with van der Waals surface area (Å²) < 4.78 is 0. The molecule has 0 bridgehead atoms. The van der Waals surface area contributed by atoms with Crippen molar-refractivity contribution in [1.29, 1.82) is 0 Å². The molecule has 0 radical (unpaired) electrons. The van der Waals surface area contributed by atoms with Crippen molar-refractivity contribution in [2.45, 2.75) is 51.2 Å². The topological polar surface area (TPSA) is 32.5 Å². The summed E-state index contributed by atoms with van der Waals surface area (Å²) in [6.45, 7) is 7.92. The second kappa shape index (κ2) is 6.15. The molecule has 3 rings (SSSR count). The molecular formula is C17H26ClN3. The second-order valence-corrected chi connectivity index (χ2v) is 7.12. The van der Waals surface area contributed by atoms with Gasteiger partial charge in [-0.15, -0.1) is 0 Å². The van der Waals surface area contributed by atoms with Crippen molar-refractivity contribution < 1.29 is 0 Å². The Balaban J connectivity index is 1.90. The molecule has 0 amide bonds. The van der Waals surface area contributed by atoms with Gasteiger partial charge in [-0.05, 0) is 57.4 Å². The van der Waals surface area contributed by atoms with Crippen LogP contribution in [0.2, 0.25) is 5.02 Å². The van der Waals surface area contributed by atoms with Gasteiger partial charge in [-0.25, -0.2) is 0 Å². The van der Waals surface area contributed by atoms with Crippen LogP contribution < -0.4 is 10.6 Å². The Morgan fingerprint density at radius 2 is 2.19 bits per heavy atom. The zero-order valence-electron chi connectivity index (χ0n) is 13.1. The van der Waals surface area contributed by atoms with Crippen molar-refractivity contribution in [3.63, 3.8) is 0 Å². The third-order valence-electron chi connectivity index (χ3n) is 4.87. The molecule has 0 aliphatic carbocycles. The Morgan fingerprint density at radius 1 is 1.38 bits per heavy atom. The van der Waals surface area contributed by atoms with E-state index in [4.69, 9.17) is 17.3 Å². The Morgan fingerprint density at radius 3 is 2.95 bits per heavy atom. The maximum Gasteiger partial charge on any atom is 0.0459 e. The number of fused-ring (bicyclic) bond motifs is 1. The summed E-state index contributed by atoms with van der Waals surface area (Å²) in [7, 11) is 0. The fourth-order valence-electron chi connectivity index (χ4n) is 3.86. The minimum Gasteiger partial charge on any atom is -0.366 e. The van der Waals surface area contributed by atoms with Crippen LogP contribution in [0, 0.1) is 0 Å². The molecule has 1 aromatic rings. The molecule has 2 saturated heterocycles. The summed E-state index contributed by atoms with van der Waals surface area (Å²) in [4.78, 5) is 5.20. The minimum absolute atomic E-state index is 0.131. The van der Waals surface area contributed by atoms with Crippen LogP contribution in [0.5, 0.6) is 0 Å². The van der Waals surface area contributed by atoms with E-state index in [2.05, 4.69) is 28.9 Å². The van der Waals surface area contributed by atoms with Crippen LogP contribution in [-0.2, 0) is 6.42 Å². The molecular weight excluding hydrogens is 282 g/mol. The SMILES string of the molecule is CC(N)Cc1c(Cl)cccc1N1CC2CCCN2CC1C. The van der Waals surface area contributed by atoms with E-state index in [1.54, 1.807) is 0 Å². The summed E-state index contributed by atoms with van der Waals surface area (Å²) in [5.74, 6) is 0. The van der Waals surface area contributed by atoms with Gasteiger partial charge >= 0.3 is 0 Å². The van der Waals surface area contributed by atoms with Gasteiger partial charge in [-0.3, -0.25) is 4.90 Å². The molecule has 2 aliphatic heterocycles. The van der Waals surface area contributed by atoms with Gasteiger partial charge in [-0.2, -0.15) is 0 Å². The normalized spacial score (nSPS) is 27.7. The van der Waals surface area contributed by atoms with E-state index >= 15 is 0 Å². The lowest BCUT2D eigenvalue weighted by Gasteiger charge is -2.44. The molecule has 2 heterocycles. The first-order valence-electron chi connectivity index (χ1n) is 8.10. The van der Waals surface area contributed by atoms with Gasteiger partial charge in [0, 0.05) is 41.9 Å². The number of anilines is 1. The van der Waals surface area contributed by atoms with Gasteiger partial charge in [0.1, 0.15) is 0 Å². The smallest absolute Gasteiger partial charge is 0.0459 e. The van der Waals surface area contributed by atoms with Crippen molar-refractivity contribution in [2.24, 2.45) is 5.73 Å². The molecule has 0 saturated carbocycles. The first kappa shape index (κ1) is 15.1. The summed E-state index contributed by atoms with van der Waals surface area (Å²) in [6, 6.07) is 7.64. The molecule has 0 aromatic heterocycles. The molecule has 3 atom stereocenters. The highest BCUT2D eigenvalue weighted by molar-refractivity contribution is 6.31. The number of hydrogen-bond acceptors (Lipinski definition) is 3. The summed E-state index contributed by atoms with van der Waals surface area (Å²) in [6.07, 6.45) is 3.51. The largest absolute Gasteiger partial charge is 0.366 e. The number of piperazine rings is 1. The molecule has 2 aliphatic rings. The van der Waals surface area contributed by atoms with Gasteiger partial charge in [0.2, 0.25) is 0 Å². The van der Waals surface area contributed by atoms with Crippen LogP contribution in [-0.4, -0.2) is 42.7 Å². The number of hydrogen-bond donors (Lipinski definition) is 1. The van der Waals surface area contributed by atoms with Crippen molar-refractivity contribution >= 4 is 17.3 Å². The summed E-state index contributed by atoms with van der Waals surface area (Å²) in [5, 5.41) is 0.853. The van der Waals surface area contributed by atoms with Gasteiger partial charge in [0.15, 0.2) is 0 Å². The van der Waals surface area contributed by atoms with Gasteiger partial charge in [-0.1, -0.05) is 17.7 Å². The van der Waals surface area contributed by atoms with E-state index in [0.717, 1.165) is 24.5 Å². The highest BCUT2D eigenvalue weighted by atomic mass is 35.5. The third-order valence-corrected chi connectivity index (χ3v) is 5.22. The van der Waals surface area contributed by atoms with Crippen LogP contribution in [0.3, 0.4) is 0 Å². The number of rotatable bonds is 3. The molecule has 21 heavy (non-hydrogen) atoms. The molecule has 2 fully saturated rings. The Labute approximate surface area is 133 Å². The van der Waals surface area contributed by atoms with Crippen molar-refractivity contribution in [3.05, 3.63) is 28.8 Å². The van der Waals surface area contributed by atoms with Crippen molar-refractivity contribution in [2.75, 3.05) is 24.5 Å².